The summed E-state index contributed by atoms with van der Waals surface area (Å²) in [5, 5.41) is 11.5. The number of para-hydroxylation sites is 2. The summed E-state index contributed by atoms with van der Waals surface area (Å²) in [7, 11) is 0. The van der Waals surface area contributed by atoms with E-state index in [0.717, 1.165) is 0 Å². The predicted octanol–water partition coefficient (Wildman–Crippen LogP) is 1.30. The van der Waals surface area contributed by atoms with E-state index in [0.29, 0.717) is 23.9 Å². The number of carbonyl (C=O) groups excluding carboxylic acids is 1. The van der Waals surface area contributed by atoms with Crippen LogP contribution >= 0.6 is 0 Å². The van der Waals surface area contributed by atoms with E-state index >= 15 is 0 Å². The summed E-state index contributed by atoms with van der Waals surface area (Å²) in [5.74, 6) is -0.216. The van der Waals surface area contributed by atoms with Gasteiger partial charge in [-0.25, -0.2) is 4.98 Å². The number of nitrogens with two attached hydrogens (primary N) is 1. The fraction of sp³-hybridized carbons (Fsp3) is 0.214. The van der Waals surface area contributed by atoms with Crippen LogP contribution in [0.15, 0.2) is 34.4 Å². The van der Waals surface area contributed by atoms with Crippen molar-refractivity contribution in [3.05, 3.63) is 35.9 Å². The Bertz CT molecular complexity index is 717. The average Bonchev–Trinajstić information content (AvgIpc) is 3.09. The van der Waals surface area contributed by atoms with E-state index in [2.05, 4.69) is 16.4 Å². The molecule has 100 valence electrons. The number of nitrogens with zero attached hydrogens (tertiary/aromatic N) is 2. The first-order chi connectivity index (χ1) is 9.62. The highest BCUT2D eigenvalue weighted by molar-refractivity contribution is 5.97. The molecule has 1 aliphatic rings. The molecule has 20 heavy (non-hydrogen) atoms. The Kier molecular flexibility index (Phi) is 2.68. The van der Waals surface area contributed by atoms with Crippen molar-refractivity contribution in [1.29, 1.82) is 5.26 Å². The molecule has 3 rings (SSSR count). The summed E-state index contributed by atoms with van der Waals surface area (Å²) >= 11 is 0. The maximum absolute atomic E-state index is 11.9. The Morgan fingerprint density at radius 1 is 1.50 bits per heavy atom. The molecule has 1 saturated carbocycles. The third-order valence-corrected chi connectivity index (χ3v) is 3.17. The van der Waals surface area contributed by atoms with Crippen molar-refractivity contribution in [2.45, 2.75) is 18.4 Å². The standard InChI is InChI=1S/C14H12N4O2/c15-8-14(5-6-14)18-13(19)9(16)7-12-17-10-3-1-2-4-11(10)20-12/h1-4,7H,5-6,16H2,(H,18,19)/b9-7-. The Labute approximate surface area is 114 Å². The topological polar surface area (TPSA) is 105 Å². The molecule has 6 nitrogen and oxygen atoms in total. The SMILES string of the molecule is N#CC1(NC(=O)/C(N)=C/c2nc3ccccc3o2)CC1. The van der Waals surface area contributed by atoms with E-state index in [-0.39, 0.29) is 11.6 Å². The van der Waals surface area contributed by atoms with Crippen LogP contribution in [-0.2, 0) is 4.79 Å². The maximum Gasteiger partial charge on any atom is 0.268 e. The largest absolute Gasteiger partial charge is 0.437 e. The third-order valence-electron chi connectivity index (χ3n) is 3.17. The van der Waals surface area contributed by atoms with Gasteiger partial charge in [-0.15, -0.1) is 0 Å². The smallest absolute Gasteiger partial charge is 0.268 e. The van der Waals surface area contributed by atoms with Gasteiger partial charge in [0.15, 0.2) is 5.58 Å². The highest BCUT2D eigenvalue weighted by atomic mass is 16.3. The summed E-state index contributed by atoms with van der Waals surface area (Å²) in [6.45, 7) is 0. The van der Waals surface area contributed by atoms with E-state index in [1.54, 1.807) is 12.1 Å². The number of hydrogen-bond donors (Lipinski definition) is 2. The number of carbonyl (C=O) groups is 1. The van der Waals surface area contributed by atoms with Gasteiger partial charge in [0.25, 0.3) is 5.91 Å². The number of aromatic nitrogens is 1. The van der Waals surface area contributed by atoms with Crippen LogP contribution in [0.4, 0.5) is 0 Å². The molecular weight excluding hydrogens is 256 g/mol. The minimum absolute atomic E-state index is 0.0296. The number of nitriles is 1. The van der Waals surface area contributed by atoms with Gasteiger partial charge in [0.05, 0.1) is 6.07 Å². The second-order valence-corrected chi connectivity index (χ2v) is 4.77. The number of amides is 1. The van der Waals surface area contributed by atoms with E-state index in [1.807, 2.05) is 12.1 Å². The number of fused-ring (bicyclic) bond motifs is 1. The van der Waals surface area contributed by atoms with Crippen LogP contribution in [0.1, 0.15) is 18.7 Å². The predicted molar refractivity (Wildman–Crippen MR) is 71.9 cm³/mol. The van der Waals surface area contributed by atoms with Gasteiger partial charge in [0, 0.05) is 6.08 Å². The Hall–Kier alpha value is -2.81. The molecule has 1 amide bonds. The van der Waals surface area contributed by atoms with Gasteiger partial charge in [0.2, 0.25) is 5.89 Å². The lowest BCUT2D eigenvalue weighted by molar-refractivity contribution is -0.118. The van der Waals surface area contributed by atoms with Gasteiger partial charge in [-0.1, -0.05) is 12.1 Å². The summed E-state index contributed by atoms with van der Waals surface area (Å²) in [6.07, 6.45) is 2.68. The number of benzene rings is 1. The number of hydrogen-bond acceptors (Lipinski definition) is 5. The monoisotopic (exact) mass is 268 g/mol. The van der Waals surface area contributed by atoms with Gasteiger partial charge in [-0.2, -0.15) is 5.26 Å². The van der Waals surface area contributed by atoms with Gasteiger partial charge >= 0.3 is 0 Å². The summed E-state index contributed by atoms with van der Waals surface area (Å²) in [5.41, 5.74) is 6.26. The molecule has 1 fully saturated rings. The molecule has 1 aromatic carbocycles. The van der Waals surface area contributed by atoms with E-state index in [1.165, 1.54) is 6.08 Å². The molecule has 6 heteroatoms. The van der Waals surface area contributed by atoms with Crippen molar-refractivity contribution in [2.24, 2.45) is 5.73 Å². The molecule has 0 radical (unpaired) electrons. The zero-order valence-electron chi connectivity index (χ0n) is 10.6. The van der Waals surface area contributed by atoms with Gasteiger partial charge in [0.1, 0.15) is 16.8 Å². The summed E-state index contributed by atoms with van der Waals surface area (Å²) in [6, 6.07) is 9.34. The van der Waals surface area contributed by atoms with Crippen molar-refractivity contribution in [3.8, 4) is 6.07 Å². The van der Waals surface area contributed by atoms with Crippen LogP contribution < -0.4 is 11.1 Å². The van der Waals surface area contributed by atoms with Crippen LogP contribution in [-0.4, -0.2) is 16.4 Å². The van der Waals surface area contributed by atoms with E-state index in [4.69, 9.17) is 15.4 Å². The molecule has 1 heterocycles. The van der Waals surface area contributed by atoms with Crippen molar-refractivity contribution in [1.82, 2.24) is 10.3 Å². The van der Waals surface area contributed by atoms with Crippen molar-refractivity contribution in [3.63, 3.8) is 0 Å². The molecule has 0 aliphatic heterocycles. The molecule has 0 bridgehead atoms. The van der Waals surface area contributed by atoms with Crippen molar-refractivity contribution in [2.75, 3.05) is 0 Å². The van der Waals surface area contributed by atoms with Crippen molar-refractivity contribution >= 4 is 23.1 Å². The molecule has 2 aromatic rings. The number of nitrogens with one attached hydrogen (secondary N) is 1. The lowest BCUT2D eigenvalue weighted by Crippen LogP contribution is -2.38. The summed E-state index contributed by atoms with van der Waals surface area (Å²) in [4.78, 5) is 16.1. The van der Waals surface area contributed by atoms with Crippen LogP contribution in [0, 0.1) is 11.3 Å². The highest BCUT2D eigenvalue weighted by Gasteiger charge is 2.44. The molecule has 3 N–H and O–H groups in total. The molecular formula is C14H12N4O2. The third kappa shape index (κ3) is 2.21. The molecule has 0 atom stereocenters. The summed E-state index contributed by atoms with van der Waals surface area (Å²) < 4.78 is 5.45. The molecule has 0 saturated heterocycles. The molecule has 1 aliphatic carbocycles. The zero-order valence-corrected chi connectivity index (χ0v) is 10.6. The number of oxazole rings is 1. The first kappa shape index (κ1) is 12.2. The Morgan fingerprint density at radius 2 is 2.25 bits per heavy atom. The van der Waals surface area contributed by atoms with Gasteiger partial charge in [-0.05, 0) is 25.0 Å². The number of rotatable bonds is 3. The molecule has 1 aromatic heterocycles. The molecule has 0 unspecified atom stereocenters. The Balaban J connectivity index is 1.80. The van der Waals surface area contributed by atoms with Gasteiger partial charge in [-0.3, -0.25) is 4.79 Å². The average molecular weight is 268 g/mol. The van der Waals surface area contributed by atoms with Crippen molar-refractivity contribution < 1.29 is 9.21 Å². The quantitative estimate of drug-likeness (QED) is 0.816. The first-order valence-electron chi connectivity index (χ1n) is 6.18. The van der Waals surface area contributed by atoms with E-state index in [9.17, 15) is 4.79 Å². The lowest BCUT2D eigenvalue weighted by atomic mass is 10.3. The Morgan fingerprint density at radius 3 is 2.90 bits per heavy atom. The van der Waals surface area contributed by atoms with E-state index < -0.39 is 11.4 Å². The fourth-order valence-electron chi connectivity index (χ4n) is 1.83. The molecule has 0 spiro atoms. The first-order valence-corrected chi connectivity index (χ1v) is 6.18. The van der Waals surface area contributed by atoms with Gasteiger partial charge < -0.3 is 15.5 Å². The van der Waals surface area contributed by atoms with Crippen LogP contribution in [0.2, 0.25) is 0 Å². The van der Waals surface area contributed by atoms with Crippen LogP contribution in [0.25, 0.3) is 17.2 Å². The van der Waals surface area contributed by atoms with Crippen LogP contribution in [0.5, 0.6) is 0 Å². The zero-order chi connectivity index (χ0) is 14.2. The van der Waals surface area contributed by atoms with Crippen LogP contribution in [0.3, 0.4) is 0 Å². The second kappa shape index (κ2) is 4.38. The minimum Gasteiger partial charge on any atom is -0.437 e. The highest BCUT2D eigenvalue weighted by Crippen LogP contribution is 2.34. The fourth-order valence-corrected chi connectivity index (χ4v) is 1.83. The second-order valence-electron chi connectivity index (χ2n) is 4.77. The maximum atomic E-state index is 11.9. The minimum atomic E-state index is -0.739. The lowest BCUT2D eigenvalue weighted by Gasteiger charge is -2.08. The normalized spacial score (nSPS) is 16.6.